The van der Waals surface area contributed by atoms with Crippen molar-refractivity contribution < 1.29 is 0 Å². The lowest BCUT2D eigenvalue weighted by Crippen LogP contribution is -2.13. The van der Waals surface area contributed by atoms with Gasteiger partial charge in [0, 0.05) is 23.4 Å². The summed E-state index contributed by atoms with van der Waals surface area (Å²) in [5.74, 6) is 0. The topological polar surface area (TPSA) is 38.4 Å². The molecular formula is C15H14N2. The van der Waals surface area contributed by atoms with Gasteiger partial charge in [0.05, 0.1) is 5.71 Å². The van der Waals surface area contributed by atoms with Crippen molar-refractivity contribution in [1.29, 1.82) is 0 Å². The number of anilines is 1. The van der Waals surface area contributed by atoms with Crippen LogP contribution >= 0.6 is 0 Å². The first-order chi connectivity index (χ1) is 8.34. The minimum absolute atomic E-state index is 0.790. The molecule has 2 heteroatoms. The Morgan fingerprint density at radius 1 is 0.941 bits per heavy atom. The summed E-state index contributed by atoms with van der Waals surface area (Å²) in [5.41, 5.74) is 11.4. The third kappa shape index (κ3) is 1.82. The van der Waals surface area contributed by atoms with Gasteiger partial charge in [-0.05, 0) is 24.1 Å². The van der Waals surface area contributed by atoms with Gasteiger partial charge in [0.2, 0.25) is 0 Å². The number of hydrogen-bond acceptors (Lipinski definition) is 2. The second kappa shape index (κ2) is 4.06. The van der Waals surface area contributed by atoms with Gasteiger partial charge in [-0.3, -0.25) is 4.99 Å². The minimum atomic E-state index is 0.790. The Kier molecular flexibility index (Phi) is 2.41. The summed E-state index contributed by atoms with van der Waals surface area (Å²) >= 11 is 0. The van der Waals surface area contributed by atoms with Crippen LogP contribution in [0.5, 0.6) is 0 Å². The number of nitrogen functional groups attached to an aromatic ring is 1. The van der Waals surface area contributed by atoms with Crippen LogP contribution < -0.4 is 5.73 Å². The van der Waals surface area contributed by atoms with E-state index < -0.39 is 0 Å². The van der Waals surface area contributed by atoms with E-state index >= 15 is 0 Å². The van der Waals surface area contributed by atoms with E-state index in [2.05, 4.69) is 29.3 Å². The molecule has 2 N–H and O–H groups in total. The lowest BCUT2D eigenvalue weighted by molar-refractivity contribution is 0.944. The maximum absolute atomic E-state index is 5.71. The number of fused-ring (bicyclic) bond motifs is 1. The molecule has 1 aliphatic heterocycles. The number of aliphatic imine (C=N–C) groups is 1. The van der Waals surface area contributed by atoms with Gasteiger partial charge in [0.25, 0.3) is 0 Å². The average molecular weight is 222 g/mol. The fraction of sp³-hybridized carbons (Fsp3) is 0.133. The molecule has 2 aromatic carbocycles. The Morgan fingerprint density at radius 3 is 2.53 bits per heavy atom. The molecule has 1 heterocycles. The first-order valence-electron chi connectivity index (χ1n) is 5.83. The molecule has 0 amide bonds. The highest BCUT2D eigenvalue weighted by Gasteiger charge is 2.14. The van der Waals surface area contributed by atoms with Crippen LogP contribution in [0.15, 0.2) is 53.5 Å². The predicted octanol–water partition coefficient (Wildman–Crippen LogP) is 2.66. The van der Waals surface area contributed by atoms with Crippen molar-refractivity contribution >= 4 is 11.4 Å². The Balaban J connectivity index is 2.09. The molecule has 0 saturated carbocycles. The Labute approximate surface area is 101 Å². The molecule has 2 nitrogen and oxygen atoms in total. The second-order valence-corrected chi connectivity index (χ2v) is 4.26. The van der Waals surface area contributed by atoms with Gasteiger partial charge in [-0.1, -0.05) is 36.4 Å². The van der Waals surface area contributed by atoms with Crippen LogP contribution in [0.4, 0.5) is 5.69 Å². The number of nitrogens with two attached hydrogens (primary N) is 1. The summed E-state index contributed by atoms with van der Waals surface area (Å²) in [7, 11) is 0. The number of hydrogen-bond donors (Lipinski definition) is 1. The summed E-state index contributed by atoms with van der Waals surface area (Å²) in [6.45, 7) is 0.872. The largest absolute Gasteiger partial charge is 0.399 e. The summed E-state index contributed by atoms with van der Waals surface area (Å²) < 4.78 is 0. The van der Waals surface area contributed by atoms with Crippen molar-refractivity contribution in [2.45, 2.75) is 6.42 Å². The third-order valence-electron chi connectivity index (χ3n) is 3.11. The molecule has 2 aromatic rings. The van der Waals surface area contributed by atoms with Crippen LogP contribution in [0, 0.1) is 0 Å². The molecule has 3 rings (SSSR count). The fourth-order valence-corrected chi connectivity index (χ4v) is 2.23. The molecule has 0 aromatic heterocycles. The zero-order chi connectivity index (χ0) is 11.7. The summed E-state index contributed by atoms with van der Waals surface area (Å²) in [6, 6.07) is 16.4. The first-order valence-corrected chi connectivity index (χ1v) is 5.83. The highest BCUT2D eigenvalue weighted by molar-refractivity contribution is 6.14. The van der Waals surface area contributed by atoms with Crippen molar-refractivity contribution in [3.05, 3.63) is 65.2 Å². The molecule has 0 atom stereocenters. The Morgan fingerprint density at radius 2 is 1.71 bits per heavy atom. The molecule has 0 radical (unpaired) electrons. The Bertz CT molecular complexity index is 568. The SMILES string of the molecule is Nc1ccc(C2=NCCc3ccccc32)cc1. The van der Waals surface area contributed by atoms with Crippen LogP contribution in [0.25, 0.3) is 0 Å². The zero-order valence-electron chi connectivity index (χ0n) is 9.56. The van der Waals surface area contributed by atoms with Gasteiger partial charge in [-0.2, -0.15) is 0 Å². The van der Waals surface area contributed by atoms with E-state index in [1.54, 1.807) is 0 Å². The quantitative estimate of drug-likeness (QED) is 0.740. The molecule has 17 heavy (non-hydrogen) atoms. The van der Waals surface area contributed by atoms with Crippen LogP contribution in [0.3, 0.4) is 0 Å². The highest BCUT2D eigenvalue weighted by Crippen LogP contribution is 2.20. The predicted molar refractivity (Wildman–Crippen MR) is 71.5 cm³/mol. The van der Waals surface area contributed by atoms with E-state index in [1.165, 1.54) is 11.1 Å². The average Bonchev–Trinajstić information content (AvgIpc) is 2.39. The molecular weight excluding hydrogens is 208 g/mol. The molecule has 0 unspecified atom stereocenters. The van der Waals surface area contributed by atoms with Crippen LogP contribution in [0.2, 0.25) is 0 Å². The van der Waals surface area contributed by atoms with Gasteiger partial charge < -0.3 is 5.73 Å². The highest BCUT2D eigenvalue weighted by atomic mass is 14.7. The van der Waals surface area contributed by atoms with Crippen molar-refractivity contribution in [3.63, 3.8) is 0 Å². The summed E-state index contributed by atoms with van der Waals surface area (Å²) in [6.07, 6.45) is 1.04. The van der Waals surface area contributed by atoms with Crippen molar-refractivity contribution in [2.24, 2.45) is 4.99 Å². The molecule has 0 fully saturated rings. The molecule has 84 valence electrons. The molecule has 0 aliphatic carbocycles. The second-order valence-electron chi connectivity index (χ2n) is 4.26. The van der Waals surface area contributed by atoms with Crippen molar-refractivity contribution in [2.75, 3.05) is 12.3 Å². The van der Waals surface area contributed by atoms with Gasteiger partial charge in [-0.25, -0.2) is 0 Å². The van der Waals surface area contributed by atoms with E-state index in [4.69, 9.17) is 5.73 Å². The smallest absolute Gasteiger partial charge is 0.0721 e. The van der Waals surface area contributed by atoms with Gasteiger partial charge >= 0.3 is 0 Å². The van der Waals surface area contributed by atoms with E-state index in [0.29, 0.717) is 0 Å². The Hall–Kier alpha value is -2.09. The zero-order valence-corrected chi connectivity index (χ0v) is 9.56. The summed E-state index contributed by atoms with van der Waals surface area (Å²) in [4.78, 5) is 4.65. The van der Waals surface area contributed by atoms with E-state index in [0.717, 1.165) is 29.9 Å². The van der Waals surface area contributed by atoms with E-state index in [1.807, 2.05) is 24.3 Å². The first kappa shape index (κ1) is 10.1. The molecule has 0 saturated heterocycles. The van der Waals surface area contributed by atoms with E-state index in [-0.39, 0.29) is 0 Å². The summed E-state index contributed by atoms with van der Waals surface area (Å²) in [5, 5.41) is 0. The number of benzene rings is 2. The van der Waals surface area contributed by atoms with Gasteiger partial charge in [0.1, 0.15) is 0 Å². The van der Waals surface area contributed by atoms with Gasteiger partial charge in [-0.15, -0.1) is 0 Å². The van der Waals surface area contributed by atoms with Crippen LogP contribution in [0.1, 0.15) is 16.7 Å². The maximum Gasteiger partial charge on any atom is 0.0721 e. The van der Waals surface area contributed by atoms with E-state index in [9.17, 15) is 0 Å². The van der Waals surface area contributed by atoms with Crippen LogP contribution in [-0.2, 0) is 6.42 Å². The normalized spacial score (nSPS) is 14.0. The van der Waals surface area contributed by atoms with Crippen LogP contribution in [-0.4, -0.2) is 12.3 Å². The lowest BCUT2D eigenvalue weighted by Gasteiger charge is -2.16. The third-order valence-corrected chi connectivity index (χ3v) is 3.11. The minimum Gasteiger partial charge on any atom is -0.399 e. The molecule has 1 aliphatic rings. The maximum atomic E-state index is 5.71. The number of rotatable bonds is 1. The fourth-order valence-electron chi connectivity index (χ4n) is 2.23. The number of nitrogens with zero attached hydrogens (tertiary/aromatic N) is 1. The van der Waals surface area contributed by atoms with Crippen molar-refractivity contribution in [1.82, 2.24) is 0 Å². The molecule has 0 bridgehead atoms. The van der Waals surface area contributed by atoms with Gasteiger partial charge in [0.15, 0.2) is 0 Å². The lowest BCUT2D eigenvalue weighted by atomic mass is 9.93. The van der Waals surface area contributed by atoms with Crippen molar-refractivity contribution in [3.8, 4) is 0 Å². The standard InChI is InChI=1S/C15H14N2/c16-13-7-5-12(6-8-13)15-14-4-2-1-3-11(14)9-10-17-15/h1-8H,9-10,16H2. The monoisotopic (exact) mass is 222 g/mol. The molecule has 0 spiro atoms.